The molecule has 1 amide bonds. The molecular weight excluding hydrogens is 226 g/mol. The molecule has 18 heavy (non-hydrogen) atoms. The average molecular weight is 249 g/mol. The second kappa shape index (κ2) is 4.75. The molecular formula is C14H23N3O. The van der Waals surface area contributed by atoms with Crippen LogP contribution in [0.5, 0.6) is 0 Å². The number of nitrogens with zero attached hydrogens (tertiary/aromatic N) is 3. The van der Waals surface area contributed by atoms with Gasteiger partial charge in [0, 0.05) is 44.4 Å². The predicted octanol–water partition coefficient (Wildman–Crippen LogP) is 1.86. The lowest BCUT2D eigenvalue weighted by Gasteiger charge is -2.25. The number of carbonyl (C=O) groups excluding carboxylic acids is 1. The predicted molar refractivity (Wildman–Crippen MR) is 71.1 cm³/mol. The summed E-state index contributed by atoms with van der Waals surface area (Å²) in [4.78, 5) is 18.6. The summed E-state index contributed by atoms with van der Waals surface area (Å²) in [6.45, 7) is 7.73. The largest absolute Gasteiger partial charge is 0.342 e. The zero-order valence-electron chi connectivity index (χ0n) is 11.8. The summed E-state index contributed by atoms with van der Waals surface area (Å²) in [7, 11) is 2.02. The van der Waals surface area contributed by atoms with Crippen LogP contribution in [0.15, 0.2) is 12.4 Å². The molecule has 2 heterocycles. The van der Waals surface area contributed by atoms with Crippen LogP contribution in [-0.2, 0) is 18.3 Å². The lowest BCUT2D eigenvalue weighted by atomic mass is 9.95. The van der Waals surface area contributed by atoms with Crippen molar-refractivity contribution >= 4 is 5.91 Å². The number of amides is 1. The molecule has 0 aliphatic carbocycles. The van der Waals surface area contributed by atoms with Crippen LogP contribution in [-0.4, -0.2) is 33.4 Å². The van der Waals surface area contributed by atoms with E-state index in [1.165, 1.54) is 0 Å². The molecule has 0 unspecified atom stereocenters. The highest BCUT2D eigenvalue weighted by atomic mass is 16.2. The standard InChI is InChI=1S/C14H23N3O/c1-14(2,3)13(18)17-7-5-11(10-17)9-12-15-6-8-16(12)4/h6,8,11H,5,7,9-10H2,1-4H3/t11-/m1/s1. The molecule has 1 fully saturated rings. The first-order valence-electron chi connectivity index (χ1n) is 6.63. The van der Waals surface area contributed by atoms with Gasteiger partial charge in [-0.1, -0.05) is 20.8 Å². The van der Waals surface area contributed by atoms with Gasteiger partial charge in [0.15, 0.2) is 0 Å². The third-order valence-corrected chi connectivity index (χ3v) is 3.61. The maximum absolute atomic E-state index is 12.2. The fourth-order valence-electron chi connectivity index (χ4n) is 2.51. The van der Waals surface area contributed by atoms with E-state index in [0.717, 1.165) is 31.8 Å². The fourth-order valence-corrected chi connectivity index (χ4v) is 2.51. The summed E-state index contributed by atoms with van der Waals surface area (Å²) in [6, 6.07) is 0. The van der Waals surface area contributed by atoms with E-state index in [4.69, 9.17) is 0 Å². The van der Waals surface area contributed by atoms with Crippen LogP contribution < -0.4 is 0 Å². The first-order chi connectivity index (χ1) is 8.38. The molecule has 1 saturated heterocycles. The molecule has 1 aliphatic rings. The molecule has 4 heteroatoms. The van der Waals surface area contributed by atoms with E-state index in [9.17, 15) is 4.79 Å². The van der Waals surface area contributed by atoms with Gasteiger partial charge < -0.3 is 9.47 Å². The number of likely N-dealkylation sites (tertiary alicyclic amines) is 1. The molecule has 1 aromatic heterocycles. The van der Waals surface area contributed by atoms with E-state index in [0.29, 0.717) is 5.92 Å². The van der Waals surface area contributed by atoms with Gasteiger partial charge in [-0.2, -0.15) is 0 Å². The molecule has 0 aromatic carbocycles. The van der Waals surface area contributed by atoms with Gasteiger partial charge in [0.25, 0.3) is 0 Å². The van der Waals surface area contributed by atoms with Crippen molar-refractivity contribution in [2.45, 2.75) is 33.6 Å². The number of rotatable bonds is 2. The van der Waals surface area contributed by atoms with Gasteiger partial charge in [0.05, 0.1) is 0 Å². The van der Waals surface area contributed by atoms with Crippen molar-refractivity contribution in [3.05, 3.63) is 18.2 Å². The third kappa shape index (κ3) is 2.74. The molecule has 0 N–H and O–H groups in total. The highest BCUT2D eigenvalue weighted by Gasteiger charge is 2.33. The van der Waals surface area contributed by atoms with Crippen LogP contribution >= 0.6 is 0 Å². The van der Waals surface area contributed by atoms with Gasteiger partial charge in [-0.15, -0.1) is 0 Å². The fraction of sp³-hybridized carbons (Fsp3) is 0.714. The number of imidazole rings is 1. The average Bonchev–Trinajstić information content (AvgIpc) is 2.87. The number of aromatic nitrogens is 2. The zero-order valence-corrected chi connectivity index (χ0v) is 11.8. The first-order valence-corrected chi connectivity index (χ1v) is 6.63. The molecule has 1 aromatic rings. The van der Waals surface area contributed by atoms with E-state index in [-0.39, 0.29) is 11.3 Å². The minimum absolute atomic E-state index is 0.266. The van der Waals surface area contributed by atoms with Crippen molar-refractivity contribution in [3.63, 3.8) is 0 Å². The van der Waals surface area contributed by atoms with Crippen molar-refractivity contribution in [2.75, 3.05) is 13.1 Å². The van der Waals surface area contributed by atoms with E-state index < -0.39 is 0 Å². The molecule has 100 valence electrons. The Kier molecular flexibility index (Phi) is 3.46. The quantitative estimate of drug-likeness (QED) is 0.802. The highest BCUT2D eigenvalue weighted by molar-refractivity contribution is 5.81. The lowest BCUT2D eigenvalue weighted by molar-refractivity contribution is -0.138. The van der Waals surface area contributed by atoms with Gasteiger partial charge in [-0.05, 0) is 12.3 Å². The normalized spacial score (nSPS) is 20.4. The van der Waals surface area contributed by atoms with Crippen LogP contribution in [0.4, 0.5) is 0 Å². The highest BCUT2D eigenvalue weighted by Crippen LogP contribution is 2.25. The lowest BCUT2D eigenvalue weighted by Crippen LogP contribution is -2.38. The van der Waals surface area contributed by atoms with Gasteiger partial charge in [0.2, 0.25) is 5.91 Å². The van der Waals surface area contributed by atoms with Crippen LogP contribution in [0.2, 0.25) is 0 Å². The Bertz CT molecular complexity index is 430. The SMILES string of the molecule is Cn1ccnc1C[C@H]1CCN(C(=O)C(C)(C)C)C1. The summed E-state index contributed by atoms with van der Waals surface area (Å²) in [5.41, 5.74) is -0.266. The summed E-state index contributed by atoms with van der Waals surface area (Å²) in [6.07, 6.45) is 5.87. The van der Waals surface area contributed by atoms with E-state index >= 15 is 0 Å². The van der Waals surface area contributed by atoms with Crippen molar-refractivity contribution in [1.29, 1.82) is 0 Å². The number of hydrogen-bond donors (Lipinski definition) is 0. The number of hydrogen-bond acceptors (Lipinski definition) is 2. The zero-order chi connectivity index (χ0) is 13.3. The monoisotopic (exact) mass is 249 g/mol. The minimum atomic E-state index is -0.266. The first kappa shape index (κ1) is 13.1. The van der Waals surface area contributed by atoms with Gasteiger partial charge >= 0.3 is 0 Å². The van der Waals surface area contributed by atoms with E-state index in [2.05, 4.69) is 9.55 Å². The molecule has 1 aliphatic heterocycles. The molecule has 2 rings (SSSR count). The van der Waals surface area contributed by atoms with Gasteiger partial charge in [-0.25, -0.2) is 4.98 Å². The van der Waals surface area contributed by atoms with Gasteiger partial charge in [0.1, 0.15) is 5.82 Å². The Morgan fingerprint density at radius 1 is 1.50 bits per heavy atom. The van der Waals surface area contributed by atoms with Crippen LogP contribution in [0.3, 0.4) is 0 Å². The van der Waals surface area contributed by atoms with Crippen LogP contribution in [0.25, 0.3) is 0 Å². The second-order valence-corrected chi connectivity index (χ2v) is 6.31. The van der Waals surface area contributed by atoms with Crippen molar-refractivity contribution in [3.8, 4) is 0 Å². The Morgan fingerprint density at radius 3 is 2.78 bits per heavy atom. The van der Waals surface area contributed by atoms with E-state index in [1.54, 1.807) is 0 Å². The summed E-state index contributed by atoms with van der Waals surface area (Å²) < 4.78 is 2.06. The maximum atomic E-state index is 12.2. The summed E-state index contributed by atoms with van der Waals surface area (Å²) in [5.74, 6) is 1.94. The topological polar surface area (TPSA) is 38.1 Å². The smallest absolute Gasteiger partial charge is 0.227 e. The number of carbonyl (C=O) groups is 1. The molecule has 1 atom stereocenters. The second-order valence-electron chi connectivity index (χ2n) is 6.31. The summed E-state index contributed by atoms with van der Waals surface area (Å²) in [5, 5.41) is 0. The van der Waals surface area contributed by atoms with Crippen molar-refractivity contribution < 1.29 is 4.79 Å². The molecule has 0 spiro atoms. The van der Waals surface area contributed by atoms with E-state index in [1.807, 2.05) is 45.1 Å². The molecule has 0 bridgehead atoms. The molecule has 0 saturated carbocycles. The van der Waals surface area contributed by atoms with Crippen LogP contribution in [0.1, 0.15) is 33.0 Å². The minimum Gasteiger partial charge on any atom is -0.342 e. The Morgan fingerprint density at radius 2 is 2.22 bits per heavy atom. The molecule has 0 radical (unpaired) electrons. The van der Waals surface area contributed by atoms with Crippen LogP contribution in [0, 0.1) is 11.3 Å². The molecule has 4 nitrogen and oxygen atoms in total. The Balaban J connectivity index is 1.93. The van der Waals surface area contributed by atoms with Gasteiger partial charge in [-0.3, -0.25) is 4.79 Å². The Labute approximate surface area is 109 Å². The third-order valence-electron chi connectivity index (χ3n) is 3.61. The maximum Gasteiger partial charge on any atom is 0.227 e. The van der Waals surface area contributed by atoms with Crippen molar-refractivity contribution in [2.24, 2.45) is 18.4 Å². The summed E-state index contributed by atoms with van der Waals surface area (Å²) >= 11 is 0. The number of aryl methyl sites for hydroxylation is 1. The van der Waals surface area contributed by atoms with Crippen molar-refractivity contribution in [1.82, 2.24) is 14.5 Å². The Hall–Kier alpha value is -1.32.